The summed E-state index contributed by atoms with van der Waals surface area (Å²) in [6.45, 7) is 7.03. The Kier molecular flexibility index (Phi) is 4.27. The van der Waals surface area contributed by atoms with Crippen LogP contribution in [0.5, 0.6) is 11.5 Å². The van der Waals surface area contributed by atoms with Gasteiger partial charge in [-0.1, -0.05) is 6.92 Å². The fraction of sp³-hybridized carbons (Fsp3) is 0.571. The van der Waals surface area contributed by atoms with Crippen molar-refractivity contribution < 1.29 is 9.47 Å². The summed E-state index contributed by atoms with van der Waals surface area (Å²) < 4.78 is 11.4. The fourth-order valence-corrected chi connectivity index (χ4v) is 2.52. The van der Waals surface area contributed by atoms with Crippen LogP contribution in [0.2, 0.25) is 0 Å². The quantitative estimate of drug-likeness (QED) is 0.795. The van der Waals surface area contributed by atoms with Crippen LogP contribution in [-0.2, 0) is 0 Å². The molecule has 1 aromatic rings. The number of benzene rings is 1. The second-order valence-electron chi connectivity index (χ2n) is 4.74. The van der Waals surface area contributed by atoms with Gasteiger partial charge < -0.3 is 14.8 Å². The van der Waals surface area contributed by atoms with Crippen LogP contribution in [-0.4, -0.2) is 23.8 Å². The molecule has 1 heterocycles. The van der Waals surface area contributed by atoms with Gasteiger partial charge >= 0.3 is 0 Å². The molecule has 0 radical (unpaired) electrons. The third-order valence-corrected chi connectivity index (χ3v) is 3.64. The summed E-state index contributed by atoms with van der Waals surface area (Å²) in [5.74, 6) is 3.51. The summed E-state index contributed by atoms with van der Waals surface area (Å²) in [4.78, 5) is 0. The van der Waals surface area contributed by atoms with E-state index in [2.05, 4.69) is 12.2 Å². The Morgan fingerprint density at radius 3 is 2.78 bits per heavy atom. The molecule has 0 spiro atoms. The van der Waals surface area contributed by atoms with E-state index in [1.807, 2.05) is 43.8 Å². The third-order valence-electron chi connectivity index (χ3n) is 2.65. The van der Waals surface area contributed by atoms with Crippen LogP contribution in [0.15, 0.2) is 18.2 Å². The molecular formula is C14H21NO2S. The minimum atomic E-state index is -0.543. The highest BCUT2D eigenvalue weighted by molar-refractivity contribution is 7.99. The molecule has 1 N–H and O–H groups in total. The molecule has 0 aliphatic carbocycles. The average molecular weight is 267 g/mol. The summed E-state index contributed by atoms with van der Waals surface area (Å²) in [5.41, 5.74) is 1.09. The number of nitrogens with one attached hydrogen (secondary N) is 1. The summed E-state index contributed by atoms with van der Waals surface area (Å²) in [6, 6.07) is 6.01. The van der Waals surface area contributed by atoms with Crippen LogP contribution < -0.4 is 14.8 Å². The highest BCUT2D eigenvalue weighted by Gasteiger charge is 2.31. The van der Waals surface area contributed by atoms with Crippen molar-refractivity contribution in [3.8, 4) is 11.5 Å². The van der Waals surface area contributed by atoms with Gasteiger partial charge in [0.2, 0.25) is 5.79 Å². The van der Waals surface area contributed by atoms with Crippen LogP contribution in [0, 0.1) is 0 Å². The van der Waals surface area contributed by atoms with E-state index in [4.69, 9.17) is 9.47 Å². The Hall–Kier alpha value is -1.03. The molecule has 0 atom stereocenters. The van der Waals surface area contributed by atoms with E-state index in [0.717, 1.165) is 23.7 Å². The maximum absolute atomic E-state index is 5.71. The fourth-order valence-electron chi connectivity index (χ4n) is 1.88. The van der Waals surface area contributed by atoms with E-state index in [1.54, 1.807) is 0 Å². The lowest BCUT2D eigenvalue weighted by Gasteiger charge is -2.16. The van der Waals surface area contributed by atoms with Gasteiger partial charge in [0.1, 0.15) is 0 Å². The first-order valence-corrected chi connectivity index (χ1v) is 7.60. The van der Waals surface area contributed by atoms with Crippen molar-refractivity contribution in [3.05, 3.63) is 18.2 Å². The number of hydrogen-bond donors (Lipinski definition) is 1. The largest absolute Gasteiger partial charge is 0.449 e. The van der Waals surface area contributed by atoms with E-state index in [1.165, 1.54) is 17.9 Å². The van der Waals surface area contributed by atoms with Crippen LogP contribution in [0.25, 0.3) is 0 Å². The second kappa shape index (κ2) is 5.74. The summed E-state index contributed by atoms with van der Waals surface area (Å²) >= 11 is 1.98. The summed E-state index contributed by atoms with van der Waals surface area (Å²) in [5, 5.41) is 3.41. The van der Waals surface area contributed by atoms with Gasteiger partial charge in [0.15, 0.2) is 11.5 Å². The normalized spacial score (nSPS) is 15.7. The van der Waals surface area contributed by atoms with E-state index in [0.29, 0.717) is 0 Å². The predicted octanol–water partition coefficient (Wildman–Crippen LogP) is 3.75. The zero-order valence-corrected chi connectivity index (χ0v) is 12.1. The van der Waals surface area contributed by atoms with E-state index in [-0.39, 0.29) is 0 Å². The first-order chi connectivity index (χ1) is 8.61. The highest BCUT2D eigenvalue weighted by Crippen LogP contribution is 2.40. The van der Waals surface area contributed by atoms with Gasteiger partial charge in [0.05, 0.1) is 0 Å². The summed E-state index contributed by atoms with van der Waals surface area (Å²) in [7, 11) is 0. The Balaban J connectivity index is 1.85. The maximum Gasteiger partial charge on any atom is 0.246 e. The first kappa shape index (κ1) is 13.4. The lowest BCUT2D eigenvalue weighted by molar-refractivity contribution is -0.0431. The molecule has 0 aromatic heterocycles. The monoisotopic (exact) mass is 267 g/mol. The maximum atomic E-state index is 5.71. The molecule has 1 aliphatic heterocycles. The molecule has 0 fully saturated rings. The van der Waals surface area contributed by atoms with Gasteiger partial charge in [-0.25, -0.2) is 0 Å². The van der Waals surface area contributed by atoms with Gasteiger partial charge in [-0.05, 0) is 30.1 Å². The molecule has 0 saturated carbocycles. The van der Waals surface area contributed by atoms with Gasteiger partial charge in [0.25, 0.3) is 0 Å². The standard InChI is InChI=1S/C14H21NO2S/c1-4-18-9-5-8-15-11-6-7-12-13(10-11)17-14(2,3)16-12/h6-7,10,15H,4-5,8-9H2,1-3H3. The van der Waals surface area contributed by atoms with Crippen molar-refractivity contribution >= 4 is 17.4 Å². The number of hydrogen-bond acceptors (Lipinski definition) is 4. The zero-order valence-electron chi connectivity index (χ0n) is 11.3. The Bertz CT molecular complexity index is 407. The van der Waals surface area contributed by atoms with Crippen molar-refractivity contribution in [1.82, 2.24) is 0 Å². The molecule has 1 aliphatic rings. The Labute approximate surface area is 113 Å². The lowest BCUT2D eigenvalue weighted by atomic mass is 10.2. The number of thioether (sulfide) groups is 1. The van der Waals surface area contributed by atoms with Gasteiger partial charge in [-0.15, -0.1) is 0 Å². The van der Waals surface area contributed by atoms with Gasteiger partial charge in [0, 0.05) is 32.1 Å². The van der Waals surface area contributed by atoms with Crippen molar-refractivity contribution in [2.24, 2.45) is 0 Å². The minimum Gasteiger partial charge on any atom is -0.449 e. The van der Waals surface area contributed by atoms with Crippen LogP contribution >= 0.6 is 11.8 Å². The number of fused-ring (bicyclic) bond motifs is 1. The molecule has 1 aromatic carbocycles. The predicted molar refractivity (Wildman–Crippen MR) is 77.9 cm³/mol. The number of anilines is 1. The minimum absolute atomic E-state index is 0.543. The Morgan fingerprint density at radius 1 is 1.22 bits per heavy atom. The molecule has 2 rings (SSSR count). The van der Waals surface area contributed by atoms with E-state index >= 15 is 0 Å². The van der Waals surface area contributed by atoms with Crippen molar-refractivity contribution in [2.45, 2.75) is 33.0 Å². The lowest BCUT2D eigenvalue weighted by Crippen LogP contribution is -2.29. The number of ether oxygens (including phenoxy) is 2. The third kappa shape index (κ3) is 3.48. The van der Waals surface area contributed by atoms with Crippen molar-refractivity contribution in [3.63, 3.8) is 0 Å². The molecule has 0 saturated heterocycles. The van der Waals surface area contributed by atoms with E-state index in [9.17, 15) is 0 Å². The molecule has 0 bridgehead atoms. The second-order valence-corrected chi connectivity index (χ2v) is 6.14. The average Bonchev–Trinajstić information content (AvgIpc) is 2.62. The highest BCUT2D eigenvalue weighted by atomic mass is 32.2. The molecular weight excluding hydrogens is 246 g/mol. The summed E-state index contributed by atoms with van der Waals surface area (Å²) in [6.07, 6.45) is 1.18. The molecule has 0 unspecified atom stereocenters. The SMILES string of the molecule is CCSCCCNc1ccc2c(c1)OC(C)(C)O2. The van der Waals surface area contributed by atoms with Crippen molar-refractivity contribution in [2.75, 3.05) is 23.4 Å². The van der Waals surface area contributed by atoms with Crippen LogP contribution in [0.1, 0.15) is 27.2 Å². The molecule has 0 amide bonds. The first-order valence-electron chi connectivity index (χ1n) is 6.44. The Morgan fingerprint density at radius 2 is 2.00 bits per heavy atom. The van der Waals surface area contributed by atoms with Gasteiger partial charge in [-0.3, -0.25) is 0 Å². The molecule has 3 nitrogen and oxygen atoms in total. The molecule has 4 heteroatoms. The van der Waals surface area contributed by atoms with Crippen LogP contribution in [0.4, 0.5) is 5.69 Å². The molecule has 18 heavy (non-hydrogen) atoms. The topological polar surface area (TPSA) is 30.5 Å². The number of rotatable bonds is 6. The molecule has 100 valence electrons. The van der Waals surface area contributed by atoms with Crippen LogP contribution in [0.3, 0.4) is 0 Å². The van der Waals surface area contributed by atoms with Gasteiger partial charge in [-0.2, -0.15) is 11.8 Å². The smallest absolute Gasteiger partial charge is 0.246 e. The van der Waals surface area contributed by atoms with Crippen molar-refractivity contribution in [1.29, 1.82) is 0 Å². The zero-order chi connectivity index (χ0) is 13.0. The van der Waals surface area contributed by atoms with E-state index < -0.39 is 5.79 Å².